The molecule has 1 N–H and O–H groups in total. The van der Waals surface area contributed by atoms with Crippen LogP contribution in [0.4, 0.5) is 5.69 Å². The number of nitrogens with zero attached hydrogens (tertiary/aromatic N) is 1. The summed E-state index contributed by atoms with van der Waals surface area (Å²) >= 11 is 0. The van der Waals surface area contributed by atoms with Crippen molar-refractivity contribution in [3.63, 3.8) is 0 Å². The van der Waals surface area contributed by atoms with Crippen molar-refractivity contribution in [2.75, 3.05) is 4.90 Å². The Labute approximate surface area is 169 Å². The van der Waals surface area contributed by atoms with Crippen LogP contribution >= 0.6 is 0 Å². The number of benzene rings is 3. The molecule has 3 aromatic carbocycles. The van der Waals surface area contributed by atoms with Crippen molar-refractivity contribution < 1.29 is 14.7 Å². The number of aryl methyl sites for hydroxylation is 2. The van der Waals surface area contributed by atoms with Gasteiger partial charge >= 0.3 is 0 Å². The van der Waals surface area contributed by atoms with E-state index in [1.807, 2.05) is 68.4 Å². The number of aliphatic hydroxyl groups is 1. The molecule has 4 nitrogen and oxygen atoms in total. The lowest BCUT2D eigenvalue weighted by atomic mass is 9.92. The van der Waals surface area contributed by atoms with E-state index in [1.165, 1.54) is 4.90 Å². The maximum atomic E-state index is 13.1. The first-order chi connectivity index (χ1) is 14.0. The fraction of sp³-hybridized carbons (Fsp3) is 0.120. The highest BCUT2D eigenvalue weighted by atomic mass is 16.3. The van der Waals surface area contributed by atoms with Crippen molar-refractivity contribution in [3.05, 3.63) is 107 Å². The van der Waals surface area contributed by atoms with Gasteiger partial charge in [0.05, 0.1) is 11.6 Å². The number of anilines is 1. The molecule has 1 heterocycles. The molecule has 1 fully saturated rings. The van der Waals surface area contributed by atoms with Crippen molar-refractivity contribution in [1.82, 2.24) is 0 Å². The smallest absolute Gasteiger partial charge is 0.300 e. The number of ketones is 1. The Bertz CT molecular complexity index is 1130. The molecule has 1 amide bonds. The fourth-order valence-corrected chi connectivity index (χ4v) is 3.82. The van der Waals surface area contributed by atoms with Gasteiger partial charge in [-0.1, -0.05) is 66.7 Å². The van der Waals surface area contributed by atoms with E-state index in [0.717, 1.165) is 16.7 Å². The lowest BCUT2D eigenvalue weighted by Crippen LogP contribution is -2.29. The van der Waals surface area contributed by atoms with Crippen molar-refractivity contribution in [3.8, 4) is 0 Å². The number of aliphatic hydroxyl groups excluding tert-OH is 1. The van der Waals surface area contributed by atoms with Gasteiger partial charge < -0.3 is 5.11 Å². The average molecular weight is 383 g/mol. The monoisotopic (exact) mass is 383 g/mol. The minimum absolute atomic E-state index is 0.108. The predicted octanol–water partition coefficient (Wildman–Crippen LogP) is 4.93. The first-order valence-corrected chi connectivity index (χ1v) is 9.47. The SMILES string of the molecule is Cc1cccc(N2C(=O)C(=O)/C(=C(/O)c3ccccc3)C2c2ccccc2C)c1. The molecule has 1 atom stereocenters. The summed E-state index contributed by atoms with van der Waals surface area (Å²) in [5, 5.41) is 11.0. The zero-order chi connectivity index (χ0) is 20.5. The van der Waals surface area contributed by atoms with Crippen LogP contribution in [-0.2, 0) is 9.59 Å². The summed E-state index contributed by atoms with van der Waals surface area (Å²) in [6, 6.07) is 23.3. The topological polar surface area (TPSA) is 57.6 Å². The number of carbonyl (C=O) groups excluding carboxylic acids is 2. The third-order valence-corrected chi connectivity index (χ3v) is 5.25. The number of carbonyl (C=O) groups is 2. The molecule has 29 heavy (non-hydrogen) atoms. The summed E-state index contributed by atoms with van der Waals surface area (Å²) in [6.07, 6.45) is 0. The Balaban J connectivity index is 1.99. The highest BCUT2D eigenvalue weighted by Crippen LogP contribution is 2.43. The third-order valence-electron chi connectivity index (χ3n) is 5.25. The molecule has 0 bridgehead atoms. The molecule has 0 aromatic heterocycles. The minimum Gasteiger partial charge on any atom is -0.507 e. The van der Waals surface area contributed by atoms with E-state index in [0.29, 0.717) is 11.3 Å². The molecule has 4 rings (SSSR count). The van der Waals surface area contributed by atoms with Crippen LogP contribution in [0.25, 0.3) is 5.76 Å². The number of hydrogen-bond acceptors (Lipinski definition) is 3. The fourth-order valence-electron chi connectivity index (χ4n) is 3.82. The summed E-state index contributed by atoms with van der Waals surface area (Å²) in [5.74, 6) is -1.48. The van der Waals surface area contributed by atoms with Gasteiger partial charge in [0.25, 0.3) is 11.7 Å². The Morgan fingerprint density at radius 3 is 2.24 bits per heavy atom. The van der Waals surface area contributed by atoms with E-state index < -0.39 is 17.7 Å². The van der Waals surface area contributed by atoms with Gasteiger partial charge in [-0.3, -0.25) is 14.5 Å². The molecule has 1 aliphatic heterocycles. The van der Waals surface area contributed by atoms with Crippen LogP contribution < -0.4 is 4.90 Å². The molecule has 1 unspecified atom stereocenters. The molecular weight excluding hydrogens is 362 g/mol. The number of amides is 1. The van der Waals surface area contributed by atoms with Crippen LogP contribution in [-0.4, -0.2) is 16.8 Å². The maximum Gasteiger partial charge on any atom is 0.300 e. The summed E-state index contributed by atoms with van der Waals surface area (Å²) < 4.78 is 0. The van der Waals surface area contributed by atoms with Gasteiger partial charge in [0.15, 0.2) is 0 Å². The second-order valence-electron chi connectivity index (χ2n) is 7.23. The van der Waals surface area contributed by atoms with E-state index in [-0.39, 0.29) is 11.3 Å². The standard InChI is InChI=1S/C25H21NO3/c1-16-9-8-13-19(15-16)26-22(20-14-7-6-10-17(20)2)21(24(28)25(26)29)23(27)18-11-4-3-5-12-18/h3-15,22,27H,1-2H3/b23-21+. The highest BCUT2D eigenvalue weighted by molar-refractivity contribution is 6.51. The normalized spacial score (nSPS) is 18.3. The van der Waals surface area contributed by atoms with E-state index in [4.69, 9.17) is 0 Å². The first kappa shape index (κ1) is 18.7. The third kappa shape index (κ3) is 3.23. The Hall–Kier alpha value is -3.66. The van der Waals surface area contributed by atoms with Crippen molar-refractivity contribution in [2.45, 2.75) is 19.9 Å². The van der Waals surface area contributed by atoms with Crippen molar-refractivity contribution in [1.29, 1.82) is 0 Å². The zero-order valence-corrected chi connectivity index (χ0v) is 16.3. The molecule has 1 aliphatic rings. The second-order valence-corrected chi connectivity index (χ2v) is 7.23. The van der Waals surface area contributed by atoms with Gasteiger partial charge in [-0.2, -0.15) is 0 Å². The Morgan fingerprint density at radius 2 is 1.55 bits per heavy atom. The van der Waals surface area contributed by atoms with Crippen LogP contribution in [0.1, 0.15) is 28.3 Å². The quantitative estimate of drug-likeness (QED) is 0.396. The highest BCUT2D eigenvalue weighted by Gasteiger charge is 2.47. The van der Waals surface area contributed by atoms with E-state index in [1.54, 1.807) is 24.3 Å². The van der Waals surface area contributed by atoms with Crippen LogP contribution in [0, 0.1) is 13.8 Å². The Morgan fingerprint density at radius 1 is 0.862 bits per heavy atom. The van der Waals surface area contributed by atoms with Crippen LogP contribution in [0.5, 0.6) is 0 Å². The Kier molecular flexibility index (Phi) is 4.77. The van der Waals surface area contributed by atoms with Crippen molar-refractivity contribution >= 4 is 23.1 Å². The van der Waals surface area contributed by atoms with Gasteiger partial charge in [-0.05, 0) is 42.7 Å². The van der Waals surface area contributed by atoms with E-state index in [9.17, 15) is 14.7 Å². The number of rotatable bonds is 3. The molecule has 144 valence electrons. The molecule has 1 saturated heterocycles. The van der Waals surface area contributed by atoms with Crippen LogP contribution in [0.3, 0.4) is 0 Å². The second kappa shape index (κ2) is 7.40. The number of Topliss-reactive ketones (excluding diaryl/α,β-unsaturated/α-hetero) is 1. The number of hydrogen-bond donors (Lipinski definition) is 1. The summed E-state index contributed by atoms with van der Waals surface area (Å²) in [4.78, 5) is 27.7. The van der Waals surface area contributed by atoms with Gasteiger partial charge in [0.2, 0.25) is 0 Å². The maximum absolute atomic E-state index is 13.1. The molecule has 3 aromatic rings. The first-order valence-electron chi connectivity index (χ1n) is 9.47. The summed E-state index contributed by atoms with van der Waals surface area (Å²) in [6.45, 7) is 3.88. The van der Waals surface area contributed by atoms with Gasteiger partial charge in [-0.25, -0.2) is 0 Å². The van der Waals surface area contributed by atoms with E-state index >= 15 is 0 Å². The van der Waals surface area contributed by atoms with Crippen molar-refractivity contribution in [2.24, 2.45) is 0 Å². The molecule has 4 heteroatoms. The van der Waals surface area contributed by atoms with Gasteiger partial charge in [0, 0.05) is 11.3 Å². The molecule has 0 aliphatic carbocycles. The lowest BCUT2D eigenvalue weighted by Gasteiger charge is -2.27. The summed E-state index contributed by atoms with van der Waals surface area (Å²) in [7, 11) is 0. The zero-order valence-electron chi connectivity index (χ0n) is 16.3. The van der Waals surface area contributed by atoms with Crippen LogP contribution in [0.2, 0.25) is 0 Å². The predicted molar refractivity (Wildman–Crippen MR) is 114 cm³/mol. The largest absolute Gasteiger partial charge is 0.507 e. The average Bonchev–Trinajstić information content (AvgIpc) is 2.99. The molecule has 0 spiro atoms. The van der Waals surface area contributed by atoms with Crippen LogP contribution in [0.15, 0.2) is 84.4 Å². The minimum atomic E-state index is -0.696. The van der Waals surface area contributed by atoms with Gasteiger partial charge in [0.1, 0.15) is 5.76 Å². The van der Waals surface area contributed by atoms with E-state index in [2.05, 4.69) is 0 Å². The van der Waals surface area contributed by atoms with Gasteiger partial charge in [-0.15, -0.1) is 0 Å². The molecular formula is C25H21NO3. The molecule has 0 saturated carbocycles. The summed E-state index contributed by atoms with van der Waals surface area (Å²) in [5.41, 5.74) is 3.98. The molecule has 0 radical (unpaired) electrons. The lowest BCUT2D eigenvalue weighted by molar-refractivity contribution is -0.132.